The molecule has 19 heavy (non-hydrogen) atoms. The van der Waals surface area contributed by atoms with E-state index in [1.807, 2.05) is 0 Å². The molecule has 0 fully saturated rings. The second-order valence-corrected chi connectivity index (χ2v) is 5.59. The lowest BCUT2D eigenvalue weighted by Gasteiger charge is -2.03. The standard InChI is InChI=1S/C17H36O.H3N/c1-3-4-5-6-7-8-9-10-11-12-13-14-15-16-17-18-2;/h3-17H2,1-2H3;1H3. The fraction of sp³-hybridized carbons (Fsp3) is 1.00. The zero-order chi connectivity index (χ0) is 13.3. The molecule has 3 N–H and O–H groups in total. The van der Waals surface area contributed by atoms with Crippen molar-refractivity contribution in [1.29, 1.82) is 0 Å². The first-order chi connectivity index (χ1) is 8.91. The van der Waals surface area contributed by atoms with Crippen LogP contribution in [0.4, 0.5) is 0 Å². The van der Waals surface area contributed by atoms with Gasteiger partial charge in [-0.25, -0.2) is 0 Å². The third-order valence-electron chi connectivity index (χ3n) is 3.70. The molecule has 0 aliphatic rings. The third-order valence-corrected chi connectivity index (χ3v) is 3.70. The van der Waals surface area contributed by atoms with E-state index in [1.54, 1.807) is 7.11 Å². The van der Waals surface area contributed by atoms with Gasteiger partial charge in [-0.2, -0.15) is 0 Å². The highest BCUT2D eigenvalue weighted by atomic mass is 16.5. The van der Waals surface area contributed by atoms with Crippen molar-refractivity contribution in [3.05, 3.63) is 0 Å². The molecule has 0 saturated heterocycles. The summed E-state index contributed by atoms with van der Waals surface area (Å²) >= 11 is 0. The Morgan fingerprint density at radius 3 is 1.16 bits per heavy atom. The number of rotatable bonds is 15. The number of hydrogen-bond acceptors (Lipinski definition) is 2. The van der Waals surface area contributed by atoms with E-state index in [9.17, 15) is 0 Å². The van der Waals surface area contributed by atoms with Crippen LogP contribution in [0.5, 0.6) is 0 Å². The zero-order valence-electron chi connectivity index (χ0n) is 13.7. The Morgan fingerprint density at radius 1 is 0.526 bits per heavy atom. The van der Waals surface area contributed by atoms with E-state index in [0.29, 0.717) is 0 Å². The van der Waals surface area contributed by atoms with Gasteiger partial charge in [-0.3, -0.25) is 0 Å². The third kappa shape index (κ3) is 20.4. The van der Waals surface area contributed by atoms with E-state index in [2.05, 4.69) is 6.92 Å². The highest BCUT2D eigenvalue weighted by Gasteiger charge is 1.93. The van der Waals surface area contributed by atoms with E-state index >= 15 is 0 Å². The molecule has 2 heteroatoms. The van der Waals surface area contributed by atoms with Gasteiger partial charge in [0.05, 0.1) is 0 Å². The van der Waals surface area contributed by atoms with Crippen LogP contribution in [0.3, 0.4) is 0 Å². The van der Waals surface area contributed by atoms with Crippen LogP contribution in [0.2, 0.25) is 0 Å². The molecule has 0 aromatic heterocycles. The summed E-state index contributed by atoms with van der Waals surface area (Å²) in [6, 6.07) is 0. The maximum atomic E-state index is 5.05. The maximum Gasteiger partial charge on any atom is 0.0462 e. The Morgan fingerprint density at radius 2 is 0.842 bits per heavy atom. The highest BCUT2D eigenvalue weighted by molar-refractivity contribution is 4.49. The van der Waals surface area contributed by atoms with Gasteiger partial charge >= 0.3 is 0 Å². The lowest BCUT2D eigenvalue weighted by atomic mass is 10.0. The summed E-state index contributed by atoms with van der Waals surface area (Å²) < 4.78 is 5.05. The number of ether oxygens (including phenoxy) is 1. The van der Waals surface area contributed by atoms with Gasteiger partial charge in [0.25, 0.3) is 0 Å². The highest BCUT2D eigenvalue weighted by Crippen LogP contribution is 2.12. The molecule has 2 nitrogen and oxygen atoms in total. The van der Waals surface area contributed by atoms with Crippen molar-refractivity contribution < 1.29 is 4.74 Å². The molecule has 0 bridgehead atoms. The van der Waals surface area contributed by atoms with Gasteiger partial charge in [-0.05, 0) is 6.42 Å². The molecular weight excluding hydrogens is 234 g/mol. The fourth-order valence-corrected chi connectivity index (χ4v) is 2.44. The Bertz CT molecular complexity index is 123. The van der Waals surface area contributed by atoms with Crippen molar-refractivity contribution in [2.75, 3.05) is 13.7 Å². The van der Waals surface area contributed by atoms with Crippen LogP contribution < -0.4 is 6.15 Å². The predicted octanol–water partition coefficient (Wildman–Crippen LogP) is 6.28. The fourth-order valence-electron chi connectivity index (χ4n) is 2.44. The summed E-state index contributed by atoms with van der Waals surface area (Å²) in [5, 5.41) is 0. The molecule has 0 amide bonds. The average Bonchev–Trinajstić information content (AvgIpc) is 2.39. The SMILES string of the molecule is CCCCCCCCCCCCCCCCOC.N. The Kier molecular flexibility index (Phi) is 22.6. The summed E-state index contributed by atoms with van der Waals surface area (Å²) in [5.41, 5.74) is 0. The quantitative estimate of drug-likeness (QED) is 0.357. The van der Waals surface area contributed by atoms with Crippen molar-refractivity contribution in [3.8, 4) is 0 Å². The van der Waals surface area contributed by atoms with E-state index in [-0.39, 0.29) is 6.15 Å². The molecule has 0 aliphatic heterocycles. The molecule has 0 unspecified atom stereocenters. The van der Waals surface area contributed by atoms with Gasteiger partial charge in [0.2, 0.25) is 0 Å². The second kappa shape index (κ2) is 20.2. The van der Waals surface area contributed by atoms with Crippen LogP contribution >= 0.6 is 0 Å². The Balaban J connectivity index is 0. The van der Waals surface area contributed by atoms with Crippen molar-refractivity contribution in [1.82, 2.24) is 6.15 Å². The molecule has 0 heterocycles. The number of hydrogen-bond donors (Lipinski definition) is 1. The minimum absolute atomic E-state index is 0. The second-order valence-electron chi connectivity index (χ2n) is 5.59. The van der Waals surface area contributed by atoms with Crippen LogP contribution in [0, 0.1) is 0 Å². The van der Waals surface area contributed by atoms with E-state index in [0.717, 1.165) is 6.61 Å². The first-order valence-electron chi connectivity index (χ1n) is 8.40. The van der Waals surface area contributed by atoms with Gasteiger partial charge in [0, 0.05) is 13.7 Å². The molecule has 0 aliphatic carbocycles. The minimum atomic E-state index is 0. The summed E-state index contributed by atoms with van der Waals surface area (Å²) in [6.45, 7) is 3.23. The largest absolute Gasteiger partial charge is 0.385 e. The lowest BCUT2D eigenvalue weighted by molar-refractivity contribution is 0.192. The van der Waals surface area contributed by atoms with Gasteiger partial charge in [0.1, 0.15) is 0 Å². The summed E-state index contributed by atoms with van der Waals surface area (Å²) in [6.07, 6.45) is 19.9. The van der Waals surface area contributed by atoms with Gasteiger partial charge in [-0.1, -0.05) is 90.4 Å². The zero-order valence-corrected chi connectivity index (χ0v) is 13.7. The van der Waals surface area contributed by atoms with E-state index < -0.39 is 0 Å². The van der Waals surface area contributed by atoms with Crippen LogP contribution in [-0.4, -0.2) is 13.7 Å². The van der Waals surface area contributed by atoms with Crippen molar-refractivity contribution in [2.24, 2.45) is 0 Å². The van der Waals surface area contributed by atoms with E-state index in [1.165, 1.54) is 89.9 Å². The molecule has 0 aromatic rings. The Labute approximate surface area is 122 Å². The topological polar surface area (TPSA) is 44.2 Å². The normalized spacial score (nSPS) is 10.4. The van der Waals surface area contributed by atoms with Gasteiger partial charge in [0.15, 0.2) is 0 Å². The summed E-state index contributed by atoms with van der Waals surface area (Å²) in [4.78, 5) is 0. The summed E-state index contributed by atoms with van der Waals surface area (Å²) in [7, 11) is 1.79. The summed E-state index contributed by atoms with van der Waals surface area (Å²) in [5.74, 6) is 0. The van der Waals surface area contributed by atoms with Crippen molar-refractivity contribution in [3.63, 3.8) is 0 Å². The van der Waals surface area contributed by atoms with E-state index in [4.69, 9.17) is 4.74 Å². The molecule has 118 valence electrons. The molecule has 0 rings (SSSR count). The maximum absolute atomic E-state index is 5.05. The van der Waals surface area contributed by atoms with Crippen LogP contribution in [0.15, 0.2) is 0 Å². The predicted molar refractivity (Wildman–Crippen MR) is 87.2 cm³/mol. The number of methoxy groups -OCH3 is 1. The lowest BCUT2D eigenvalue weighted by Crippen LogP contribution is -1.88. The molecule has 0 atom stereocenters. The first-order valence-corrected chi connectivity index (χ1v) is 8.40. The average molecular weight is 274 g/mol. The number of unbranched alkanes of at least 4 members (excludes halogenated alkanes) is 13. The molecule has 0 saturated carbocycles. The van der Waals surface area contributed by atoms with Crippen LogP contribution in [0.1, 0.15) is 96.8 Å². The molecule has 0 spiro atoms. The smallest absolute Gasteiger partial charge is 0.0462 e. The molecule has 0 aromatic carbocycles. The molecule has 0 radical (unpaired) electrons. The van der Waals surface area contributed by atoms with Crippen LogP contribution in [-0.2, 0) is 4.74 Å². The van der Waals surface area contributed by atoms with Crippen molar-refractivity contribution >= 4 is 0 Å². The monoisotopic (exact) mass is 273 g/mol. The Hall–Kier alpha value is -0.0800. The van der Waals surface area contributed by atoms with Gasteiger partial charge in [-0.15, -0.1) is 0 Å². The van der Waals surface area contributed by atoms with Gasteiger partial charge < -0.3 is 10.9 Å². The minimum Gasteiger partial charge on any atom is -0.385 e. The van der Waals surface area contributed by atoms with Crippen molar-refractivity contribution in [2.45, 2.75) is 96.8 Å². The first kappa shape index (κ1) is 21.2. The van der Waals surface area contributed by atoms with Crippen LogP contribution in [0.25, 0.3) is 0 Å². The molecular formula is C17H39NO.